The molecule has 2 N–H and O–H groups in total. The molecule has 0 aromatic rings. The summed E-state index contributed by atoms with van der Waals surface area (Å²) in [6, 6.07) is 0. The highest BCUT2D eigenvalue weighted by Crippen LogP contribution is 2.30. The van der Waals surface area contributed by atoms with Gasteiger partial charge in [0, 0.05) is 0 Å². The zero-order valence-corrected chi connectivity index (χ0v) is 14.1. The number of aliphatic hydroxyl groups is 2. The molecule has 2 aliphatic heterocycles. The Kier molecular flexibility index (Phi) is 8.15. The lowest BCUT2D eigenvalue weighted by molar-refractivity contribution is 0.152. The Morgan fingerprint density at radius 2 is 1.23 bits per heavy atom. The molecule has 0 aromatic heterocycles. The number of ether oxygens (including phenoxy) is 2. The number of hydrogen-bond acceptors (Lipinski definition) is 4. The van der Waals surface area contributed by atoms with Crippen LogP contribution in [0.2, 0.25) is 0 Å². The zero-order chi connectivity index (χ0) is 15.8. The molecule has 0 aliphatic carbocycles. The molecule has 2 heterocycles. The minimum Gasteiger partial charge on any atom is -0.394 e. The lowest BCUT2D eigenvalue weighted by atomic mass is 10.0. The Bertz CT molecular complexity index is 295. The van der Waals surface area contributed by atoms with E-state index in [1.165, 1.54) is 57.8 Å². The van der Waals surface area contributed by atoms with Gasteiger partial charge in [-0.3, -0.25) is 0 Å². The molecule has 2 rings (SSSR count). The van der Waals surface area contributed by atoms with Gasteiger partial charge in [-0.1, -0.05) is 57.8 Å². The molecule has 4 heteroatoms. The van der Waals surface area contributed by atoms with Gasteiger partial charge in [-0.05, 0) is 19.8 Å². The van der Waals surface area contributed by atoms with Crippen molar-refractivity contribution in [2.24, 2.45) is 0 Å². The second-order valence-corrected chi connectivity index (χ2v) is 7.03. The minimum atomic E-state index is -0.300. The van der Waals surface area contributed by atoms with Crippen LogP contribution in [0.5, 0.6) is 0 Å². The van der Waals surface area contributed by atoms with Crippen LogP contribution in [0.3, 0.4) is 0 Å². The lowest BCUT2D eigenvalue weighted by Crippen LogP contribution is -2.11. The number of rotatable bonds is 14. The van der Waals surface area contributed by atoms with Crippen LogP contribution in [0.4, 0.5) is 0 Å². The maximum atomic E-state index is 9.34. The maximum absolute atomic E-state index is 9.34. The zero-order valence-electron chi connectivity index (χ0n) is 14.1. The molecule has 2 fully saturated rings. The topological polar surface area (TPSA) is 65.5 Å². The second kappa shape index (κ2) is 9.86. The van der Waals surface area contributed by atoms with Gasteiger partial charge in [0.1, 0.15) is 12.2 Å². The summed E-state index contributed by atoms with van der Waals surface area (Å²) >= 11 is 0. The van der Waals surface area contributed by atoms with Crippen LogP contribution in [0.1, 0.15) is 77.6 Å². The molecule has 2 aliphatic rings. The van der Waals surface area contributed by atoms with E-state index in [0.29, 0.717) is 12.2 Å². The van der Waals surface area contributed by atoms with E-state index < -0.39 is 0 Å². The highest BCUT2D eigenvalue weighted by molar-refractivity contribution is 4.88. The normalized spacial score (nSPS) is 31.2. The van der Waals surface area contributed by atoms with E-state index >= 15 is 0 Å². The fourth-order valence-electron chi connectivity index (χ4n) is 3.34. The molecule has 0 saturated carbocycles. The quantitative estimate of drug-likeness (QED) is 0.382. The van der Waals surface area contributed by atoms with Crippen molar-refractivity contribution in [2.75, 3.05) is 6.61 Å². The summed E-state index contributed by atoms with van der Waals surface area (Å²) in [6.07, 6.45) is 14.7. The molecule has 0 spiro atoms. The van der Waals surface area contributed by atoms with Gasteiger partial charge >= 0.3 is 0 Å². The van der Waals surface area contributed by atoms with E-state index in [2.05, 4.69) is 0 Å². The molecule has 0 amide bonds. The third-order valence-corrected chi connectivity index (χ3v) is 4.94. The van der Waals surface area contributed by atoms with E-state index in [-0.39, 0.29) is 24.9 Å². The summed E-state index contributed by atoms with van der Waals surface area (Å²) in [5.74, 6) is 0. The Hall–Kier alpha value is -0.160. The van der Waals surface area contributed by atoms with Gasteiger partial charge in [-0.2, -0.15) is 0 Å². The van der Waals surface area contributed by atoms with Crippen molar-refractivity contribution in [1.29, 1.82) is 0 Å². The molecule has 5 unspecified atom stereocenters. The Labute approximate surface area is 135 Å². The fourth-order valence-corrected chi connectivity index (χ4v) is 3.34. The number of aliphatic hydroxyl groups excluding tert-OH is 2. The summed E-state index contributed by atoms with van der Waals surface area (Å²) in [5, 5.41) is 18.2. The molecule has 4 nitrogen and oxygen atoms in total. The van der Waals surface area contributed by atoms with Crippen molar-refractivity contribution < 1.29 is 19.7 Å². The van der Waals surface area contributed by atoms with Gasteiger partial charge in [0.2, 0.25) is 0 Å². The van der Waals surface area contributed by atoms with Crippen molar-refractivity contribution in [3.05, 3.63) is 0 Å². The SMILES string of the molecule is CC(O)C1OC1CCCCCCCCCCCC1OC1CO. The number of hydrogen-bond donors (Lipinski definition) is 2. The Balaban J connectivity index is 1.24. The summed E-state index contributed by atoms with van der Waals surface area (Å²) < 4.78 is 10.7. The van der Waals surface area contributed by atoms with Crippen molar-refractivity contribution >= 4 is 0 Å². The molecule has 130 valence electrons. The highest BCUT2D eigenvalue weighted by Gasteiger charge is 2.41. The highest BCUT2D eigenvalue weighted by atomic mass is 16.6. The Morgan fingerprint density at radius 3 is 1.64 bits per heavy atom. The first-order chi connectivity index (χ1) is 10.7. The third kappa shape index (κ3) is 6.95. The summed E-state index contributed by atoms with van der Waals surface area (Å²) in [6.45, 7) is 2.00. The first-order valence-corrected chi connectivity index (χ1v) is 9.32. The van der Waals surface area contributed by atoms with Crippen LogP contribution in [0, 0.1) is 0 Å². The first kappa shape index (κ1) is 18.2. The van der Waals surface area contributed by atoms with Gasteiger partial charge < -0.3 is 19.7 Å². The van der Waals surface area contributed by atoms with Crippen LogP contribution in [-0.4, -0.2) is 47.3 Å². The van der Waals surface area contributed by atoms with Crippen LogP contribution in [0.25, 0.3) is 0 Å². The van der Waals surface area contributed by atoms with Crippen LogP contribution in [-0.2, 0) is 9.47 Å². The largest absolute Gasteiger partial charge is 0.394 e. The standard InChI is InChI=1S/C18H34O4/c1-14(20)18-16(22-18)12-10-8-6-4-2-3-5-7-9-11-15-17(13-19)21-15/h14-20H,2-13H2,1H3. The van der Waals surface area contributed by atoms with E-state index in [4.69, 9.17) is 14.6 Å². The van der Waals surface area contributed by atoms with Gasteiger partial charge in [0.05, 0.1) is 24.9 Å². The predicted molar refractivity (Wildman–Crippen MR) is 86.9 cm³/mol. The van der Waals surface area contributed by atoms with Crippen LogP contribution in [0.15, 0.2) is 0 Å². The van der Waals surface area contributed by atoms with Crippen molar-refractivity contribution in [3.63, 3.8) is 0 Å². The summed E-state index contributed by atoms with van der Waals surface area (Å²) in [5.41, 5.74) is 0. The monoisotopic (exact) mass is 314 g/mol. The fraction of sp³-hybridized carbons (Fsp3) is 1.00. The molecular formula is C18H34O4. The molecule has 0 bridgehead atoms. The number of epoxide rings is 2. The maximum Gasteiger partial charge on any atom is 0.110 e. The first-order valence-electron chi connectivity index (χ1n) is 9.32. The average molecular weight is 314 g/mol. The smallest absolute Gasteiger partial charge is 0.110 e. The van der Waals surface area contributed by atoms with Gasteiger partial charge in [0.25, 0.3) is 0 Å². The van der Waals surface area contributed by atoms with Crippen molar-refractivity contribution in [2.45, 2.75) is 108 Å². The third-order valence-electron chi connectivity index (χ3n) is 4.94. The second-order valence-electron chi connectivity index (χ2n) is 7.03. The van der Waals surface area contributed by atoms with Crippen molar-refractivity contribution in [1.82, 2.24) is 0 Å². The molecule has 0 radical (unpaired) electrons. The van der Waals surface area contributed by atoms with E-state index in [1.807, 2.05) is 6.92 Å². The number of unbranched alkanes of at least 4 members (excludes halogenated alkanes) is 8. The van der Waals surface area contributed by atoms with E-state index in [1.54, 1.807) is 0 Å². The van der Waals surface area contributed by atoms with Crippen molar-refractivity contribution in [3.8, 4) is 0 Å². The lowest BCUT2D eigenvalue weighted by Gasteiger charge is -2.02. The van der Waals surface area contributed by atoms with E-state index in [0.717, 1.165) is 12.8 Å². The molecule has 0 aromatic carbocycles. The van der Waals surface area contributed by atoms with Gasteiger partial charge in [0.15, 0.2) is 0 Å². The summed E-state index contributed by atoms with van der Waals surface area (Å²) in [7, 11) is 0. The van der Waals surface area contributed by atoms with Crippen LogP contribution < -0.4 is 0 Å². The van der Waals surface area contributed by atoms with Gasteiger partial charge in [-0.15, -0.1) is 0 Å². The predicted octanol–water partition coefficient (Wildman–Crippen LogP) is 3.19. The molecular weight excluding hydrogens is 280 g/mol. The summed E-state index contributed by atoms with van der Waals surface area (Å²) in [4.78, 5) is 0. The molecule has 2 saturated heterocycles. The molecule has 22 heavy (non-hydrogen) atoms. The van der Waals surface area contributed by atoms with Gasteiger partial charge in [-0.25, -0.2) is 0 Å². The Morgan fingerprint density at radius 1 is 0.727 bits per heavy atom. The van der Waals surface area contributed by atoms with E-state index in [9.17, 15) is 5.11 Å². The van der Waals surface area contributed by atoms with Crippen LogP contribution >= 0.6 is 0 Å². The molecule has 5 atom stereocenters. The average Bonchev–Trinajstić information content (AvgIpc) is 3.39. The minimum absolute atomic E-state index is 0.119.